The predicted octanol–water partition coefficient (Wildman–Crippen LogP) is 1.62. The van der Waals surface area contributed by atoms with Crippen molar-refractivity contribution in [2.75, 3.05) is 31.5 Å². The molecule has 6 heteroatoms. The van der Waals surface area contributed by atoms with Crippen LogP contribution in [0.4, 0.5) is 5.69 Å². The Labute approximate surface area is 147 Å². The first-order chi connectivity index (χ1) is 12.1. The number of hydrogen-bond acceptors (Lipinski definition) is 4. The van der Waals surface area contributed by atoms with Crippen molar-refractivity contribution in [2.24, 2.45) is 5.92 Å². The fraction of sp³-hybridized carbons (Fsp3) is 0.474. The summed E-state index contributed by atoms with van der Waals surface area (Å²) in [5.74, 6) is -0.412. The maximum absolute atomic E-state index is 12.1. The summed E-state index contributed by atoms with van der Waals surface area (Å²) >= 11 is 0. The number of aliphatic carboxylic acids is 1. The van der Waals surface area contributed by atoms with Crippen LogP contribution in [-0.2, 0) is 22.6 Å². The van der Waals surface area contributed by atoms with Gasteiger partial charge >= 0.3 is 5.97 Å². The van der Waals surface area contributed by atoms with Crippen molar-refractivity contribution >= 4 is 17.6 Å². The van der Waals surface area contributed by atoms with Crippen molar-refractivity contribution in [3.63, 3.8) is 0 Å². The zero-order valence-corrected chi connectivity index (χ0v) is 14.3. The van der Waals surface area contributed by atoms with Crippen LogP contribution in [0.3, 0.4) is 0 Å². The van der Waals surface area contributed by atoms with Gasteiger partial charge in [0.1, 0.15) is 0 Å². The topological polar surface area (TPSA) is 81.7 Å². The third-order valence-electron chi connectivity index (χ3n) is 4.83. The van der Waals surface area contributed by atoms with Gasteiger partial charge in [-0.05, 0) is 67.6 Å². The van der Waals surface area contributed by atoms with Crippen LogP contribution < -0.4 is 10.6 Å². The molecule has 2 aliphatic rings. The molecule has 3 N–H and O–H groups in total. The van der Waals surface area contributed by atoms with E-state index in [1.54, 1.807) is 6.08 Å². The van der Waals surface area contributed by atoms with E-state index in [-0.39, 0.29) is 12.5 Å². The molecule has 1 saturated heterocycles. The van der Waals surface area contributed by atoms with Crippen LogP contribution in [0.2, 0.25) is 0 Å². The molecule has 0 spiro atoms. The number of anilines is 1. The zero-order valence-electron chi connectivity index (χ0n) is 14.3. The molecule has 2 heterocycles. The average molecular weight is 343 g/mol. The lowest BCUT2D eigenvalue weighted by Gasteiger charge is -2.27. The Morgan fingerprint density at radius 2 is 2.08 bits per heavy atom. The van der Waals surface area contributed by atoms with E-state index in [0.717, 1.165) is 50.1 Å². The van der Waals surface area contributed by atoms with E-state index in [9.17, 15) is 9.59 Å². The molecule has 3 rings (SSSR count). The largest absolute Gasteiger partial charge is 0.480 e. The van der Waals surface area contributed by atoms with Crippen LogP contribution >= 0.6 is 0 Å². The molecule has 1 fully saturated rings. The fourth-order valence-corrected chi connectivity index (χ4v) is 3.46. The number of fused-ring (bicyclic) bond motifs is 1. The van der Waals surface area contributed by atoms with E-state index in [1.165, 1.54) is 5.56 Å². The number of carboxylic acids is 1. The number of nitrogens with one attached hydrogen (secondary N) is 2. The highest BCUT2D eigenvalue weighted by molar-refractivity contribution is 5.99. The third kappa shape index (κ3) is 5.14. The van der Waals surface area contributed by atoms with E-state index < -0.39 is 5.97 Å². The minimum absolute atomic E-state index is 0.0689. The monoisotopic (exact) mass is 343 g/mol. The smallest absolute Gasteiger partial charge is 0.317 e. The Balaban J connectivity index is 1.56. The standard InChI is InChI=1S/C19H25N3O3/c23-18(4-1-14-5-8-20-9-6-14)21-17-3-2-16-12-22(13-19(24)25)10-7-15(16)11-17/h1-4,11,14,20H,5-10,12-13H2,(H,21,23)(H,24,25). The number of carbonyl (C=O) groups is 2. The van der Waals surface area contributed by atoms with E-state index in [2.05, 4.69) is 10.6 Å². The Kier molecular flexibility index (Phi) is 5.83. The van der Waals surface area contributed by atoms with Gasteiger partial charge in [-0.3, -0.25) is 14.5 Å². The number of benzene rings is 1. The average Bonchev–Trinajstić information content (AvgIpc) is 2.60. The number of nitrogens with zero attached hydrogens (tertiary/aromatic N) is 1. The molecule has 0 aliphatic carbocycles. The van der Waals surface area contributed by atoms with Gasteiger partial charge in [0.05, 0.1) is 6.54 Å². The number of carbonyl (C=O) groups excluding carboxylic acids is 1. The number of allylic oxidation sites excluding steroid dienone is 1. The maximum atomic E-state index is 12.1. The van der Waals surface area contributed by atoms with Crippen molar-refractivity contribution in [3.05, 3.63) is 41.5 Å². The normalized spacial score (nSPS) is 18.9. The first-order valence-electron chi connectivity index (χ1n) is 8.86. The second-order valence-corrected chi connectivity index (χ2v) is 6.77. The number of amides is 1. The van der Waals surface area contributed by atoms with Crippen molar-refractivity contribution in [3.8, 4) is 0 Å². The lowest BCUT2D eigenvalue weighted by molar-refractivity contribution is -0.138. The first kappa shape index (κ1) is 17.6. The number of rotatable bonds is 5. The summed E-state index contributed by atoms with van der Waals surface area (Å²) in [6.07, 6.45) is 6.62. The summed E-state index contributed by atoms with van der Waals surface area (Å²) in [5, 5.41) is 15.1. The van der Waals surface area contributed by atoms with Gasteiger partial charge in [0, 0.05) is 18.8 Å². The molecule has 0 saturated carbocycles. The minimum Gasteiger partial charge on any atom is -0.480 e. The maximum Gasteiger partial charge on any atom is 0.317 e. The minimum atomic E-state index is -0.798. The fourth-order valence-electron chi connectivity index (χ4n) is 3.46. The molecule has 1 aromatic rings. The summed E-state index contributed by atoms with van der Waals surface area (Å²) in [5.41, 5.74) is 3.11. The van der Waals surface area contributed by atoms with E-state index in [0.29, 0.717) is 12.5 Å². The Morgan fingerprint density at radius 3 is 2.84 bits per heavy atom. The quantitative estimate of drug-likeness (QED) is 0.708. The number of carboxylic acid groups (broad SMARTS) is 1. The molecule has 0 unspecified atom stereocenters. The van der Waals surface area contributed by atoms with Crippen LogP contribution in [0.1, 0.15) is 24.0 Å². The van der Waals surface area contributed by atoms with Crippen LogP contribution in [0, 0.1) is 5.92 Å². The molecule has 6 nitrogen and oxygen atoms in total. The van der Waals surface area contributed by atoms with Crippen LogP contribution in [0.15, 0.2) is 30.4 Å². The van der Waals surface area contributed by atoms with Gasteiger partial charge in [-0.1, -0.05) is 12.1 Å². The van der Waals surface area contributed by atoms with Crippen molar-refractivity contribution in [2.45, 2.75) is 25.8 Å². The summed E-state index contributed by atoms with van der Waals surface area (Å²) < 4.78 is 0. The lowest BCUT2D eigenvalue weighted by atomic mass is 9.97. The summed E-state index contributed by atoms with van der Waals surface area (Å²) in [7, 11) is 0. The first-order valence-corrected chi connectivity index (χ1v) is 8.86. The number of hydrogen-bond donors (Lipinski definition) is 3. The van der Waals surface area contributed by atoms with E-state index in [4.69, 9.17) is 5.11 Å². The third-order valence-corrected chi connectivity index (χ3v) is 4.83. The Morgan fingerprint density at radius 1 is 1.28 bits per heavy atom. The van der Waals surface area contributed by atoms with Gasteiger partial charge in [0.25, 0.3) is 0 Å². The van der Waals surface area contributed by atoms with Crippen molar-refractivity contribution in [1.82, 2.24) is 10.2 Å². The molecule has 1 amide bonds. The highest BCUT2D eigenvalue weighted by atomic mass is 16.4. The molecule has 0 atom stereocenters. The summed E-state index contributed by atoms with van der Waals surface area (Å²) in [6.45, 7) is 3.47. The highest BCUT2D eigenvalue weighted by Gasteiger charge is 2.18. The molecule has 25 heavy (non-hydrogen) atoms. The molecule has 1 aromatic carbocycles. The molecule has 0 aromatic heterocycles. The molecular formula is C19H25N3O3. The molecule has 0 radical (unpaired) electrons. The van der Waals surface area contributed by atoms with Crippen molar-refractivity contribution < 1.29 is 14.7 Å². The van der Waals surface area contributed by atoms with Crippen LogP contribution in [-0.4, -0.2) is 48.1 Å². The molecule has 134 valence electrons. The van der Waals surface area contributed by atoms with Gasteiger partial charge in [-0.25, -0.2) is 0 Å². The molecule has 2 aliphatic heterocycles. The molecular weight excluding hydrogens is 318 g/mol. The molecule has 0 bridgehead atoms. The van der Waals surface area contributed by atoms with Gasteiger partial charge in [0.15, 0.2) is 0 Å². The zero-order chi connectivity index (χ0) is 17.6. The van der Waals surface area contributed by atoms with E-state index in [1.807, 2.05) is 29.2 Å². The second kappa shape index (κ2) is 8.27. The number of piperidine rings is 1. The predicted molar refractivity (Wildman–Crippen MR) is 96.4 cm³/mol. The van der Waals surface area contributed by atoms with Crippen molar-refractivity contribution in [1.29, 1.82) is 0 Å². The lowest BCUT2D eigenvalue weighted by Crippen LogP contribution is -2.34. The van der Waals surface area contributed by atoms with Gasteiger partial charge in [0.2, 0.25) is 5.91 Å². The summed E-state index contributed by atoms with van der Waals surface area (Å²) in [4.78, 5) is 24.9. The SMILES string of the molecule is O=C(O)CN1CCc2cc(NC(=O)C=CC3CCNCC3)ccc2C1. The van der Waals surface area contributed by atoms with Crippen LogP contribution in [0.5, 0.6) is 0 Å². The second-order valence-electron chi connectivity index (χ2n) is 6.77. The van der Waals surface area contributed by atoms with Gasteiger partial charge in [-0.2, -0.15) is 0 Å². The highest BCUT2D eigenvalue weighted by Crippen LogP contribution is 2.22. The van der Waals surface area contributed by atoms with Gasteiger partial charge in [-0.15, -0.1) is 0 Å². The summed E-state index contributed by atoms with van der Waals surface area (Å²) in [6, 6.07) is 5.87. The van der Waals surface area contributed by atoms with Gasteiger partial charge < -0.3 is 15.7 Å². The van der Waals surface area contributed by atoms with E-state index >= 15 is 0 Å². The Hall–Kier alpha value is -2.18. The Bertz CT molecular complexity index is 666. The van der Waals surface area contributed by atoms with Crippen LogP contribution in [0.25, 0.3) is 0 Å².